The van der Waals surface area contributed by atoms with Crippen LogP contribution in [0.2, 0.25) is 0 Å². The summed E-state index contributed by atoms with van der Waals surface area (Å²) in [6.45, 7) is 4.28. The van der Waals surface area contributed by atoms with Crippen LogP contribution in [0.15, 0.2) is 16.5 Å². The molecule has 1 aliphatic carbocycles. The summed E-state index contributed by atoms with van der Waals surface area (Å²) in [6, 6.07) is 3.46. The molecule has 0 unspecified atom stereocenters. The van der Waals surface area contributed by atoms with Crippen LogP contribution >= 0.6 is 11.3 Å². The van der Waals surface area contributed by atoms with E-state index < -0.39 is 5.91 Å². The molecule has 0 saturated carbocycles. The summed E-state index contributed by atoms with van der Waals surface area (Å²) < 4.78 is 5.42. The van der Waals surface area contributed by atoms with Crippen LogP contribution in [0.3, 0.4) is 0 Å². The molecule has 0 spiro atoms. The third-order valence-corrected chi connectivity index (χ3v) is 6.86. The Morgan fingerprint density at radius 2 is 1.87 bits per heavy atom. The van der Waals surface area contributed by atoms with Crippen molar-refractivity contribution in [2.75, 3.05) is 38.0 Å². The molecule has 4 rings (SSSR count). The number of rotatable bonds is 5. The number of aryl methyl sites for hydroxylation is 2. The van der Waals surface area contributed by atoms with Crippen LogP contribution in [0.4, 0.5) is 5.00 Å². The van der Waals surface area contributed by atoms with Crippen molar-refractivity contribution < 1.29 is 18.8 Å². The highest BCUT2D eigenvalue weighted by Gasteiger charge is 2.27. The SMILES string of the molecule is Cc1ccc(C(=O)N2CCN(CC(=O)Nc3sc4c(c3C(N)=O)CCCC4)CC2)o1. The quantitative estimate of drug-likeness (QED) is 0.754. The van der Waals surface area contributed by atoms with Crippen LogP contribution in [-0.2, 0) is 17.6 Å². The van der Waals surface area contributed by atoms with Crippen LogP contribution < -0.4 is 11.1 Å². The minimum Gasteiger partial charge on any atom is -0.456 e. The maximum absolute atomic E-state index is 12.6. The zero-order valence-electron chi connectivity index (χ0n) is 17.0. The van der Waals surface area contributed by atoms with E-state index in [0.717, 1.165) is 36.1 Å². The van der Waals surface area contributed by atoms with E-state index in [9.17, 15) is 14.4 Å². The van der Waals surface area contributed by atoms with E-state index in [4.69, 9.17) is 10.2 Å². The van der Waals surface area contributed by atoms with Gasteiger partial charge in [0, 0.05) is 31.1 Å². The van der Waals surface area contributed by atoms with Crippen molar-refractivity contribution in [2.24, 2.45) is 5.73 Å². The molecule has 2 aliphatic rings. The number of hydrogen-bond donors (Lipinski definition) is 2. The zero-order chi connectivity index (χ0) is 21.3. The van der Waals surface area contributed by atoms with Gasteiger partial charge in [-0.2, -0.15) is 0 Å². The van der Waals surface area contributed by atoms with Gasteiger partial charge in [-0.3, -0.25) is 19.3 Å². The number of carbonyl (C=O) groups excluding carboxylic acids is 3. The lowest BCUT2D eigenvalue weighted by Gasteiger charge is -2.33. The Kier molecular flexibility index (Phi) is 5.92. The Labute approximate surface area is 179 Å². The molecule has 0 aromatic carbocycles. The van der Waals surface area contributed by atoms with Gasteiger partial charge in [-0.1, -0.05) is 0 Å². The average molecular weight is 431 g/mol. The normalized spacial score (nSPS) is 16.9. The van der Waals surface area contributed by atoms with E-state index >= 15 is 0 Å². The van der Waals surface area contributed by atoms with Gasteiger partial charge >= 0.3 is 0 Å². The first-order valence-electron chi connectivity index (χ1n) is 10.2. The molecule has 2 aromatic rings. The largest absolute Gasteiger partial charge is 0.456 e. The second kappa shape index (κ2) is 8.61. The number of fused-ring (bicyclic) bond motifs is 1. The smallest absolute Gasteiger partial charge is 0.289 e. The number of anilines is 1. The number of piperazine rings is 1. The van der Waals surface area contributed by atoms with Crippen molar-refractivity contribution >= 4 is 34.1 Å². The predicted octanol–water partition coefficient (Wildman–Crippen LogP) is 2.02. The fourth-order valence-corrected chi connectivity index (χ4v) is 5.41. The van der Waals surface area contributed by atoms with Gasteiger partial charge in [0.1, 0.15) is 10.8 Å². The minimum absolute atomic E-state index is 0.123. The Hall–Kier alpha value is -2.65. The number of thiophene rings is 1. The standard InChI is InChI=1S/C21H26N4O4S/c1-13-6-7-15(29-13)21(28)25-10-8-24(9-11-25)12-17(26)23-20-18(19(22)27)14-4-2-3-5-16(14)30-20/h6-7H,2-5,8-12H2,1H3,(H2,22,27)(H,23,26). The molecule has 0 bridgehead atoms. The van der Waals surface area contributed by atoms with E-state index in [1.807, 2.05) is 4.90 Å². The Bertz CT molecular complexity index is 972. The summed E-state index contributed by atoms with van der Waals surface area (Å²) in [4.78, 5) is 42.0. The first-order valence-corrected chi connectivity index (χ1v) is 11.1. The monoisotopic (exact) mass is 430 g/mol. The summed E-state index contributed by atoms with van der Waals surface area (Å²) in [5.41, 5.74) is 7.08. The number of nitrogens with one attached hydrogen (secondary N) is 1. The summed E-state index contributed by atoms with van der Waals surface area (Å²) in [6.07, 6.45) is 3.91. The van der Waals surface area contributed by atoms with Crippen molar-refractivity contribution in [3.05, 3.63) is 39.7 Å². The highest BCUT2D eigenvalue weighted by Crippen LogP contribution is 2.37. The van der Waals surface area contributed by atoms with E-state index in [1.165, 1.54) is 11.3 Å². The van der Waals surface area contributed by atoms with Gasteiger partial charge in [0.05, 0.1) is 12.1 Å². The molecule has 1 fully saturated rings. The number of furan rings is 1. The molecule has 30 heavy (non-hydrogen) atoms. The first-order chi connectivity index (χ1) is 14.4. The van der Waals surface area contributed by atoms with Crippen molar-refractivity contribution in [1.82, 2.24) is 9.80 Å². The first kappa shape index (κ1) is 20.6. The topological polar surface area (TPSA) is 109 Å². The molecule has 3 amide bonds. The van der Waals surface area contributed by atoms with Crippen molar-refractivity contribution in [3.63, 3.8) is 0 Å². The molecule has 0 radical (unpaired) electrons. The van der Waals surface area contributed by atoms with Gasteiger partial charge in [-0.25, -0.2) is 0 Å². The van der Waals surface area contributed by atoms with Crippen LogP contribution in [0.1, 0.15) is 50.0 Å². The summed E-state index contributed by atoms with van der Waals surface area (Å²) in [7, 11) is 0. The second-order valence-corrected chi connectivity index (χ2v) is 8.91. The van der Waals surface area contributed by atoms with Crippen molar-refractivity contribution in [1.29, 1.82) is 0 Å². The number of hydrogen-bond acceptors (Lipinski definition) is 6. The predicted molar refractivity (Wildman–Crippen MR) is 114 cm³/mol. The lowest BCUT2D eigenvalue weighted by Crippen LogP contribution is -2.50. The van der Waals surface area contributed by atoms with Crippen molar-refractivity contribution in [3.8, 4) is 0 Å². The number of nitrogens with two attached hydrogens (primary N) is 1. The third-order valence-electron chi connectivity index (χ3n) is 5.65. The van der Waals surface area contributed by atoms with Crippen LogP contribution in [0.25, 0.3) is 0 Å². The van der Waals surface area contributed by atoms with Gasteiger partial charge in [-0.05, 0) is 50.3 Å². The fraction of sp³-hybridized carbons (Fsp3) is 0.476. The van der Waals surface area contributed by atoms with Gasteiger partial charge in [0.2, 0.25) is 5.91 Å². The van der Waals surface area contributed by atoms with Crippen LogP contribution in [0, 0.1) is 6.92 Å². The van der Waals surface area contributed by atoms with Crippen molar-refractivity contribution in [2.45, 2.75) is 32.6 Å². The third kappa shape index (κ3) is 4.27. The maximum atomic E-state index is 12.6. The molecule has 2 aromatic heterocycles. The number of amides is 3. The molecule has 0 atom stereocenters. The lowest BCUT2D eigenvalue weighted by atomic mass is 9.95. The Balaban J connectivity index is 1.33. The molecule has 160 valence electrons. The van der Waals surface area contributed by atoms with Crippen LogP contribution in [-0.4, -0.2) is 60.2 Å². The maximum Gasteiger partial charge on any atom is 0.289 e. The van der Waals surface area contributed by atoms with Gasteiger partial charge in [-0.15, -0.1) is 11.3 Å². The molecule has 9 heteroatoms. The average Bonchev–Trinajstić information content (AvgIpc) is 3.31. The van der Waals surface area contributed by atoms with Crippen LogP contribution in [0.5, 0.6) is 0 Å². The highest BCUT2D eigenvalue weighted by atomic mass is 32.1. The summed E-state index contributed by atoms with van der Waals surface area (Å²) >= 11 is 1.47. The molecule has 1 saturated heterocycles. The molecule has 1 aliphatic heterocycles. The van der Waals surface area contributed by atoms with E-state index in [2.05, 4.69) is 5.32 Å². The summed E-state index contributed by atoms with van der Waals surface area (Å²) in [5, 5.41) is 3.47. The molecule has 3 N–H and O–H groups in total. The molecular formula is C21H26N4O4S. The highest BCUT2D eigenvalue weighted by molar-refractivity contribution is 7.17. The minimum atomic E-state index is -0.481. The fourth-order valence-electron chi connectivity index (χ4n) is 4.10. The molecule has 8 nitrogen and oxygen atoms in total. The number of primary amides is 1. The Morgan fingerprint density at radius 1 is 1.13 bits per heavy atom. The van der Waals surface area contributed by atoms with Gasteiger partial charge in [0.15, 0.2) is 5.76 Å². The molecule has 3 heterocycles. The molecular weight excluding hydrogens is 404 g/mol. The zero-order valence-corrected chi connectivity index (χ0v) is 17.8. The Morgan fingerprint density at radius 3 is 2.53 bits per heavy atom. The lowest BCUT2D eigenvalue weighted by molar-refractivity contribution is -0.117. The van der Waals surface area contributed by atoms with E-state index in [0.29, 0.717) is 48.3 Å². The number of nitrogens with zero attached hydrogens (tertiary/aromatic N) is 2. The second-order valence-electron chi connectivity index (χ2n) is 7.81. The van der Waals surface area contributed by atoms with Gasteiger partial charge < -0.3 is 20.4 Å². The van der Waals surface area contributed by atoms with E-state index in [1.54, 1.807) is 24.0 Å². The summed E-state index contributed by atoms with van der Waals surface area (Å²) in [5.74, 6) is 0.281. The van der Waals surface area contributed by atoms with Gasteiger partial charge in [0.25, 0.3) is 11.8 Å². The number of carbonyl (C=O) groups is 3. The van der Waals surface area contributed by atoms with E-state index in [-0.39, 0.29) is 18.4 Å².